The van der Waals surface area contributed by atoms with E-state index in [1.54, 1.807) is 6.92 Å². The van der Waals surface area contributed by atoms with Gasteiger partial charge in [-0.25, -0.2) is 0 Å². The fourth-order valence-electron chi connectivity index (χ4n) is 1.12. The van der Waals surface area contributed by atoms with Crippen molar-refractivity contribution in [1.29, 1.82) is 0 Å². The molecule has 0 aromatic heterocycles. The zero-order chi connectivity index (χ0) is 8.43. The Balaban J connectivity index is 2.57. The summed E-state index contributed by atoms with van der Waals surface area (Å²) in [6.45, 7) is 3.64. The topological polar surface area (TPSA) is 46.6 Å². The van der Waals surface area contributed by atoms with E-state index in [1.807, 2.05) is 0 Å². The predicted molar refractivity (Wildman–Crippen MR) is 37.6 cm³/mol. The summed E-state index contributed by atoms with van der Waals surface area (Å²) in [5.41, 5.74) is 0. The first-order valence-corrected chi connectivity index (χ1v) is 3.58. The molecule has 1 aliphatic rings. The van der Waals surface area contributed by atoms with Gasteiger partial charge >= 0.3 is 5.97 Å². The molecule has 0 aromatic rings. The van der Waals surface area contributed by atoms with Gasteiger partial charge in [0.15, 0.2) is 6.23 Å². The number of hydrogen-bond donors (Lipinski definition) is 0. The molecule has 0 saturated carbocycles. The van der Waals surface area contributed by atoms with E-state index in [2.05, 4.69) is 0 Å². The lowest BCUT2D eigenvalue weighted by atomic mass is 10.3. The molecule has 4 nitrogen and oxygen atoms in total. The van der Waals surface area contributed by atoms with Gasteiger partial charge in [-0.05, 0) is 6.92 Å². The zero-order valence-corrected chi connectivity index (χ0v) is 6.66. The second-order valence-corrected chi connectivity index (χ2v) is 2.55. The Morgan fingerprint density at radius 3 is 2.82 bits per heavy atom. The lowest BCUT2D eigenvalue weighted by molar-refractivity contribution is -0.171. The maximum absolute atomic E-state index is 10.9. The molecule has 0 bridgehead atoms. The standard InChI is InChI=1S/C7H11NO3/c1-5(9)8-4-3-7(10)11-6(8)2/h6H,3-4H2,1-2H3. The van der Waals surface area contributed by atoms with E-state index in [4.69, 9.17) is 4.74 Å². The number of amides is 1. The molecule has 0 aliphatic carbocycles. The number of rotatable bonds is 0. The van der Waals surface area contributed by atoms with Crippen LogP contribution >= 0.6 is 0 Å². The molecule has 0 spiro atoms. The first-order valence-electron chi connectivity index (χ1n) is 3.58. The minimum absolute atomic E-state index is 0.0509. The van der Waals surface area contributed by atoms with Crippen molar-refractivity contribution < 1.29 is 14.3 Å². The molecule has 62 valence electrons. The van der Waals surface area contributed by atoms with Crippen LogP contribution in [-0.4, -0.2) is 29.5 Å². The van der Waals surface area contributed by atoms with Gasteiger partial charge < -0.3 is 9.64 Å². The van der Waals surface area contributed by atoms with E-state index in [0.29, 0.717) is 13.0 Å². The second kappa shape index (κ2) is 2.90. The Labute approximate surface area is 65.1 Å². The van der Waals surface area contributed by atoms with Crippen LogP contribution in [-0.2, 0) is 14.3 Å². The van der Waals surface area contributed by atoms with E-state index in [-0.39, 0.29) is 11.9 Å². The number of cyclic esters (lactones) is 1. The van der Waals surface area contributed by atoms with E-state index < -0.39 is 6.23 Å². The van der Waals surface area contributed by atoms with Gasteiger partial charge in [0.05, 0.1) is 6.42 Å². The first kappa shape index (κ1) is 8.04. The van der Waals surface area contributed by atoms with Crippen LogP contribution in [0, 0.1) is 0 Å². The van der Waals surface area contributed by atoms with Crippen LogP contribution in [0.1, 0.15) is 20.3 Å². The summed E-state index contributed by atoms with van der Waals surface area (Å²) in [6, 6.07) is 0. The van der Waals surface area contributed by atoms with Gasteiger partial charge in [-0.1, -0.05) is 0 Å². The van der Waals surface area contributed by atoms with Crippen molar-refractivity contribution in [1.82, 2.24) is 4.90 Å². The van der Waals surface area contributed by atoms with Gasteiger partial charge in [0.2, 0.25) is 5.91 Å². The Kier molecular flexibility index (Phi) is 2.12. The molecule has 1 saturated heterocycles. The number of ether oxygens (including phenoxy) is 1. The largest absolute Gasteiger partial charge is 0.442 e. The summed E-state index contributed by atoms with van der Waals surface area (Å²) in [7, 11) is 0. The Bertz CT molecular complexity index is 190. The van der Waals surface area contributed by atoms with Crippen molar-refractivity contribution in [3.63, 3.8) is 0 Å². The van der Waals surface area contributed by atoms with Gasteiger partial charge in [-0.2, -0.15) is 0 Å². The smallest absolute Gasteiger partial charge is 0.309 e. The number of hydrogen-bond acceptors (Lipinski definition) is 3. The predicted octanol–water partition coefficient (Wildman–Crippen LogP) is 0.128. The summed E-state index contributed by atoms with van der Waals surface area (Å²) < 4.78 is 4.83. The van der Waals surface area contributed by atoms with E-state index in [1.165, 1.54) is 11.8 Å². The van der Waals surface area contributed by atoms with E-state index >= 15 is 0 Å². The van der Waals surface area contributed by atoms with Crippen LogP contribution in [0.15, 0.2) is 0 Å². The van der Waals surface area contributed by atoms with E-state index in [9.17, 15) is 9.59 Å². The Morgan fingerprint density at radius 1 is 1.73 bits per heavy atom. The number of esters is 1. The third kappa shape index (κ3) is 1.69. The monoisotopic (exact) mass is 157 g/mol. The third-order valence-corrected chi connectivity index (χ3v) is 1.70. The SMILES string of the molecule is CC(=O)N1CCC(=O)OC1C. The van der Waals surface area contributed by atoms with Gasteiger partial charge in [-0.15, -0.1) is 0 Å². The van der Waals surface area contributed by atoms with Gasteiger partial charge in [0.1, 0.15) is 0 Å². The number of carbonyl (C=O) groups excluding carboxylic acids is 2. The zero-order valence-electron chi connectivity index (χ0n) is 6.66. The molecule has 1 rings (SSSR count). The lowest BCUT2D eigenvalue weighted by Gasteiger charge is -2.31. The molecule has 1 atom stereocenters. The Hall–Kier alpha value is -1.06. The van der Waals surface area contributed by atoms with Crippen molar-refractivity contribution in [2.75, 3.05) is 6.54 Å². The maximum atomic E-state index is 10.9. The molecule has 0 aromatic carbocycles. The van der Waals surface area contributed by atoms with Crippen molar-refractivity contribution in [2.45, 2.75) is 26.5 Å². The highest BCUT2D eigenvalue weighted by atomic mass is 16.6. The molecule has 1 unspecified atom stereocenters. The molecule has 1 aliphatic heterocycles. The summed E-state index contributed by atoms with van der Waals surface area (Å²) >= 11 is 0. The molecule has 1 amide bonds. The van der Waals surface area contributed by atoms with Gasteiger partial charge in [-0.3, -0.25) is 9.59 Å². The summed E-state index contributed by atoms with van der Waals surface area (Å²) in [4.78, 5) is 23.1. The number of carbonyl (C=O) groups is 2. The second-order valence-electron chi connectivity index (χ2n) is 2.55. The van der Waals surface area contributed by atoms with Crippen molar-refractivity contribution >= 4 is 11.9 Å². The molecular formula is C7H11NO3. The highest BCUT2D eigenvalue weighted by Gasteiger charge is 2.25. The van der Waals surface area contributed by atoms with Crippen molar-refractivity contribution in [3.8, 4) is 0 Å². The van der Waals surface area contributed by atoms with Crippen molar-refractivity contribution in [3.05, 3.63) is 0 Å². The maximum Gasteiger partial charge on any atom is 0.309 e. The quantitative estimate of drug-likeness (QED) is 0.469. The normalized spacial score (nSPS) is 24.7. The summed E-state index contributed by atoms with van der Waals surface area (Å²) in [6.07, 6.45) is -0.0852. The van der Waals surface area contributed by atoms with Gasteiger partial charge in [0.25, 0.3) is 0 Å². The molecule has 11 heavy (non-hydrogen) atoms. The summed E-state index contributed by atoms with van der Waals surface area (Å²) in [5.74, 6) is -0.278. The average molecular weight is 157 g/mol. The molecule has 4 heteroatoms. The van der Waals surface area contributed by atoms with Gasteiger partial charge in [0, 0.05) is 13.5 Å². The van der Waals surface area contributed by atoms with Crippen LogP contribution in [0.25, 0.3) is 0 Å². The average Bonchev–Trinajstić information content (AvgIpc) is 1.85. The number of nitrogens with zero attached hydrogens (tertiary/aromatic N) is 1. The highest BCUT2D eigenvalue weighted by Crippen LogP contribution is 2.10. The third-order valence-electron chi connectivity index (χ3n) is 1.70. The Morgan fingerprint density at radius 2 is 2.36 bits per heavy atom. The van der Waals surface area contributed by atoms with E-state index in [0.717, 1.165) is 0 Å². The van der Waals surface area contributed by atoms with Crippen molar-refractivity contribution in [2.24, 2.45) is 0 Å². The minimum atomic E-state index is -0.395. The fourth-order valence-corrected chi connectivity index (χ4v) is 1.12. The molecule has 1 heterocycles. The molecule has 0 N–H and O–H groups in total. The van der Waals surface area contributed by atoms with Crippen LogP contribution in [0.5, 0.6) is 0 Å². The highest BCUT2D eigenvalue weighted by molar-refractivity contribution is 5.77. The van der Waals surface area contributed by atoms with Crippen LogP contribution in [0.2, 0.25) is 0 Å². The van der Waals surface area contributed by atoms with Crippen LogP contribution in [0.3, 0.4) is 0 Å². The van der Waals surface area contributed by atoms with Crippen LogP contribution in [0.4, 0.5) is 0 Å². The molecular weight excluding hydrogens is 146 g/mol. The first-order chi connectivity index (χ1) is 5.11. The molecule has 0 radical (unpaired) electrons. The minimum Gasteiger partial charge on any atom is -0.442 e. The molecule has 1 fully saturated rings. The summed E-state index contributed by atoms with van der Waals surface area (Å²) in [5, 5.41) is 0. The lowest BCUT2D eigenvalue weighted by Crippen LogP contribution is -2.45. The van der Waals surface area contributed by atoms with Crippen LogP contribution < -0.4 is 0 Å². The fraction of sp³-hybridized carbons (Fsp3) is 0.714.